The van der Waals surface area contributed by atoms with Gasteiger partial charge in [0.25, 0.3) is 0 Å². The van der Waals surface area contributed by atoms with Crippen LogP contribution in [0.1, 0.15) is 32.3 Å². The molecule has 5 heteroatoms. The molecule has 1 aromatic carbocycles. The summed E-state index contributed by atoms with van der Waals surface area (Å²) in [6, 6.07) is 6.70. The molecule has 0 fully saturated rings. The molecule has 4 nitrogen and oxygen atoms in total. The highest BCUT2D eigenvalue weighted by molar-refractivity contribution is 7.89. The number of hydrogen-bond donors (Lipinski definition) is 2. The predicted molar refractivity (Wildman–Crippen MR) is 81.6 cm³/mol. The zero-order valence-electron chi connectivity index (χ0n) is 12.0. The van der Waals surface area contributed by atoms with Crippen LogP contribution in [-0.4, -0.2) is 21.5 Å². The van der Waals surface area contributed by atoms with Crippen LogP contribution in [0.15, 0.2) is 29.2 Å². The highest BCUT2D eigenvalue weighted by Gasteiger charge is 2.16. The Balaban J connectivity index is 2.82. The first-order valence-corrected chi connectivity index (χ1v) is 8.23. The molecule has 0 atom stereocenters. The topological polar surface area (TPSA) is 72.2 Å². The average Bonchev–Trinajstić information content (AvgIpc) is 2.41. The lowest BCUT2D eigenvalue weighted by molar-refractivity contribution is 0.540. The lowest BCUT2D eigenvalue weighted by Gasteiger charge is -2.09. The van der Waals surface area contributed by atoms with Crippen molar-refractivity contribution in [1.29, 1.82) is 0 Å². The first-order chi connectivity index (χ1) is 9.47. The zero-order valence-corrected chi connectivity index (χ0v) is 12.8. The summed E-state index contributed by atoms with van der Waals surface area (Å²) < 4.78 is 27.1. The molecule has 0 spiro atoms. The summed E-state index contributed by atoms with van der Waals surface area (Å²) in [5.41, 5.74) is 5.80. The summed E-state index contributed by atoms with van der Waals surface area (Å²) in [5.74, 6) is 6.05. The van der Waals surface area contributed by atoms with E-state index in [1.165, 1.54) is 0 Å². The predicted octanol–water partition coefficient (Wildman–Crippen LogP) is 1.71. The summed E-state index contributed by atoms with van der Waals surface area (Å²) in [5, 5.41) is 0. The van der Waals surface area contributed by atoms with Gasteiger partial charge in [-0.15, -0.1) is 0 Å². The lowest BCUT2D eigenvalue weighted by atomic mass is 10.1. The van der Waals surface area contributed by atoms with Crippen LogP contribution in [0.5, 0.6) is 0 Å². The van der Waals surface area contributed by atoms with Crippen LogP contribution in [0.3, 0.4) is 0 Å². The molecule has 0 aromatic heterocycles. The normalized spacial score (nSPS) is 11.2. The molecule has 0 saturated heterocycles. The standard InChI is InChI=1S/C15H22N2O2S/c1-13(2)7-6-12-17-20(18,19)15-10-4-3-8-14(15)9-5-11-16/h3-4,8,10,13,17H,6-7,11-12,16H2,1-2H3. The van der Waals surface area contributed by atoms with Gasteiger partial charge >= 0.3 is 0 Å². The van der Waals surface area contributed by atoms with Crippen LogP contribution in [0.25, 0.3) is 0 Å². The second-order valence-electron chi connectivity index (χ2n) is 4.94. The average molecular weight is 294 g/mol. The summed E-state index contributed by atoms with van der Waals surface area (Å²) >= 11 is 0. The number of nitrogens with two attached hydrogens (primary N) is 1. The van der Waals surface area contributed by atoms with Gasteiger partial charge in [0, 0.05) is 12.1 Å². The second-order valence-corrected chi connectivity index (χ2v) is 6.67. The molecule has 0 bridgehead atoms. The molecule has 0 unspecified atom stereocenters. The first kappa shape index (κ1) is 16.7. The van der Waals surface area contributed by atoms with E-state index in [1.54, 1.807) is 24.3 Å². The third-order valence-electron chi connectivity index (χ3n) is 2.75. The molecule has 20 heavy (non-hydrogen) atoms. The smallest absolute Gasteiger partial charge is 0.241 e. The van der Waals surface area contributed by atoms with Gasteiger partial charge in [0.05, 0.1) is 11.4 Å². The molecular weight excluding hydrogens is 272 g/mol. The van der Waals surface area contributed by atoms with E-state index in [4.69, 9.17) is 5.73 Å². The monoisotopic (exact) mass is 294 g/mol. The summed E-state index contributed by atoms with van der Waals surface area (Å²) in [4.78, 5) is 0.213. The van der Waals surface area contributed by atoms with E-state index >= 15 is 0 Å². The quantitative estimate of drug-likeness (QED) is 0.620. The van der Waals surface area contributed by atoms with Crippen molar-refractivity contribution in [3.05, 3.63) is 29.8 Å². The molecule has 1 aromatic rings. The first-order valence-electron chi connectivity index (χ1n) is 6.75. The largest absolute Gasteiger partial charge is 0.320 e. The third kappa shape index (κ3) is 5.33. The van der Waals surface area contributed by atoms with Crippen molar-refractivity contribution < 1.29 is 8.42 Å². The van der Waals surface area contributed by atoms with Gasteiger partial charge in [-0.25, -0.2) is 13.1 Å². The number of hydrogen-bond acceptors (Lipinski definition) is 3. The molecule has 0 radical (unpaired) electrons. The van der Waals surface area contributed by atoms with Gasteiger partial charge in [0.2, 0.25) is 10.0 Å². The van der Waals surface area contributed by atoms with Gasteiger partial charge in [-0.2, -0.15) is 0 Å². The fraction of sp³-hybridized carbons (Fsp3) is 0.467. The zero-order chi connectivity index (χ0) is 15.0. The molecule has 3 N–H and O–H groups in total. The molecular formula is C15H22N2O2S. The molecule has 0 saturated carbocycles. The summed E-state index contributed by atoms with van der Waals surface area (Å²) in [7, 11) is -3.51. The van der Waals surface area contributed by atoms with Crippen LogP contribution >= 0.6 is 0 Å². The molecule has 0 aliphatic rings. The minimum atomic E-state index is -3.51. The van der Waals surface area contributed by atoms with Crippen molar-refractivity contribution in [2.24, 2.45) is 11.7 Å². The molecule has 0 amide bonds. The van der Waals surface area contributed by atoms with Crippen LogP contribution in [0, 0.1) is 17.8 Å². The van der Waals surface area contributed by atoms with Crippen LogP contribution < -0.4 is 10.5 Å². The molecule has 0 heterocycles. The maximum atomic E-state index is 12.3. The van der Waals surface area contributed by atoms with Crippen molar-refractivity contribution in [3.63, 3.8) is 0 Å². The van der Waals surface area contributed by atoms with E-state index in [-0.39, 0.29) is 11.4 Å². The summed E-state index contributed by atoms with van der Waals surface area (Å²) in [6.07, 6.45) is 1.82. The van der Waals surface area contributed by atoms with E-state index in [2.05, 4.69) is 30.4 Å². The van der Waals surface area contributed by atoms with E-state index < -0.39 is 10.0 Å². The van der Waals surface area contributed by atoms with Crippen LogP contribution in [0.4, 0.5) is 0 Å². The van der Waals surface area contributed by atoms with E-state index in [9.17, 15) is 8.42 Å². The van der Waals surface area contributed by atoms with Gasteiger partial charge in [-0.1, -0.05) is 37.8 Å². The molecule has 110 valence electrons. The van der Waals surface area contributed by atoms with E-state index in [0.29, 0.717) is 18.0 Å². The minimum Gasteiger partial charge on any atom is -0.320 e. The fourth-order valence-electron chi connectivity index (χ4n) is 1.75. The number of benzene rings is 1. The van der Waals surface area contributed by atoms with Gasteiger partial charge in [-0.3, -0.25) is 0 Å². The lowest BCUT2D eigenvalue weighted by Crippen LogP contribution is -2.25. The number of rotatable bonds is 6. The van der Waals surface area contributed by atoms with E-state index in [0.717, 1.165) is 12.8 Å². The van der Waals surface area contributed by atoms with Crippen molar-refractivity contribution in [1.82, 2.24) is 4.72 Å². The van der Waals surface area contributed by atoms with Crippen molar-refractivity contribution >= 4 is 10.0 Å². The SMILES string of the molecule is CC(C)CCCNS(=O)(=O)c1ccccc1C#CCN. The van der Waals surface area contributed by atoms with Gasteiger partial charge in [0.1, 0.15) is 0 Å². The number of sulfonamides is 1. The Hall–Kier alpha value is -1.35. The Labute approximate surface area is 121 Å². The summed E-state index contributed by atoms with van der Waals surface area (Å²) in [6.45, 7) is 4.88. The van der Waals surface area contributed by atoms with Crippen molar-refractivity contribution in [2.75, 3.05) is 13.1 Å². The Morgan fingerprint density at radius 3 is 2.65 bits per heavy atom. The Morgan fingerprint density at radius 2 is 2.00 bits per heavy atom. The van der Waals surface area contributed by atoms with Gasteiger partial charge in [-0.05, 0) is 30.9 Å². The van der Waals surface area contributed by atoms with Crippen LogP contribution in [0.2, 0.25) is 0 Å². The number of nitrogens with one attached hydrogen (secondary N) is 1. The second kappa shape index (κ2) is 8.05. The highest BCUT2D eigenvalue weighted by Crippen LogP contribution is 2.14. The van der Waals surface area contributed by atoms with Gasteiger partial charge < -0.3 is 5.73 Å². The Morgan fingerprint density at radius 1 is 1.30 bits per heavy atom. The minimum absolute atomic E-state index is 0.205. The Kier molecular flexibility index (Phi) is 6.73. The maximum Gasteiger partial charge on any atom is 0.241 e. The van der Waals surface area contributed by atoms with Gasteiger partial charge in [0.15, 0.2) is 0 Å². The third-order valence-corrected chi connectivity index (χ3v) is 4.27. The maximum absolute atomic E-state index is 12.3. The van der Waals surface area contributed by atoms with Crippen molar-refractivity contribution in [3.8, 4) is 11.8 Å². The molecule has 1 rings (SSSR count). The van der Waals surface area contributed by atoms with Crippen molar-refractivity contribution in [2.45, 2.75) is 31.6 Å². The molecule has 0 aliphatic heterocycles. The van der Waals surface area contributed by atoms with E-state index in [1.807, 2.05) is 0 Å². The van der Waals surface area contributed by atoms with Crippen LogP contribution in [-0.2, 0) is 10.0 Å². The fourth-order valence-corrected chi connectivity index (χ4v) is 2.98. The molecule has 0 aliphatic carbocycles. The highest BCUT2D eigenvalue weighted by atomic mass is 32.2. The Bertz CT molecular complexity index is 583.